The molecule has 16 heavy (non-hydrogen) atoms. The van der Waals surface area contributed by atoms with Gasteiger partial charge in [0.2, 0.25) is 5.82 Å². The maximum Gasteiger partial charge on any atom is 0.311 e. The Morgan fingerprint density at radius 1 is 1.62 bits per heavy atom. The fourth-order valence-corrected chi connectivity index (χ4v) is 1.14. The van der Waals surface area contributed by atoms with Gasteiger partial charge >= 0.3 is 5.69 Å². The lowest BCUT2D eigenvalue weighted by atomic mass is 10.4. The molecule has 0 fully saturated rings. The van der Waals surface area contributed by atoms with Crippen molar-refractivity contribution in [2.45, 2.75) is 20.0 Å². The molecule has 0 unspecified atom stereocenters. The van der Waals surface area contributed by atoms with Crippen molar-refractivity contribution in [1.82, 2.24) is 4.98 Å². The van der Waals surface area contributed by atoms with Gasteiger partial charge in [0.05, 0.1) is 17.6 Å². The minimum atomic E-state index is -0.460. The molecule has 0 aromatic carbocycles. The number of aromatic nitrogens is 1. The van der Waals surface area contributed by atoms with Gasteiger partial charge in [-0.15, -0.1) is 0 Å². The summed E-state index contributed by atoms with van der Waals surface area (Å²) in [6.07, 6.45) is 1.67. The summed E-state index contributed by atoms with van der Waals surface area (Å²) in [4.78, 5) is 14.1. The Morgan fingerprint density at radius 2 is 2.38 bits per heavy atom. The average Bonchev–Trinajstić information content (AvgIpc) is 2.24. The van der Waals surface area contributed by atoms with Gasteiger partial charge in [0.25, 0.3) is 0 Å². The lowest BCUT2D eigenvalue weighted by Gasteiger charge is -2.08. The highest BCUT2D eigenvalue weighted by molar-refractivity contribution is 5.54. The third kappa shape index (κ3) is 3.82. The van der Waals surface area contributed by atoms with Crippen molar-refractivity contribution >= 4 is 11.5 Å². The normalized spacial score (nSPS) is 10.4. The summed E-state index contributed by atoms with van der Waals surface area (Å²) in [5.41, 5.74) is -0.0213. The highest BCUT2D eigenvalue weighted by atomic mass is 16.6. The lowest BCUT2D eigenvalue weighted by Crippen LogP contribution is -2.14. The molecule has 1 aromatic rings. The van der Waals surface area contributed by atoms with E-state index in [0.29, 0.717) is 13.2 Å². The Kier molecular flexibility index (Phi) is 4.65. The summed E-state index contributed by atoms with van der Waals surface area (Å²) in [6.45, 7) is 4.86. The minimum Gasteiger partial charge on any atom is -0.377 e. The van der Waals surface area contributed by atoms with Crippen LogP contribution in [0.3, 0.4) is 0 Å². The lowest BCUT2D eigenvalue weighted by molar-refractivity contribution is -0.384. The third-order valence-electron chi connectivity index (χ3n) is 1.83. The molecule has 0 bridgehead atoms. The second-order valence-electron chi connectivity index (χ2n) is 3.47. The molecule has 1 heterocycles. The molecule has 0 saturated carbocycles. The third-order valence-corrected chi connectivity index (χ3v) is 1.83. The number of nitrogens with zero attached hydrogens (tertiary/aromatic N) is 2. The van der Waals surface area contributed by atoms with Crippen LogP contribution in [0.2, 0.25) is 0 Å². The largest absolute Gasteiger partial charge is 0.377 e. The van der Waals surface area contributed by atoms with Gasteiger partial charge in [-0.2, -0.15) is 0 Å². The molecule has 0 aliphatic heterocycles. The smallest absolute Gasteiger partial charge is 0.311 e. The van der Waals surface area contributed by atoms with Crippen LogP contribution in [-0.2, 0) is 4.74 Å². The van der Waals surface area contributed by atoms with Crippen molar-refractivity contribution in [3.63, 3.8) is 0 Å². The first-order chi connectivity index (χ1) is 7.61. The maximum absolute atomic E-state index is 10.7. The average molecular weight is 225 g/mol. The first kappa shape index (κ1) is 12.4. The van der Waals surface area contributed by atoms with Gasteiger partial charge < -0.3 is 10.1 Å². The number of rotatable bonds is 6. The molecular weight excluding hydrogens is 210 g/mol. The molecule has 0 saturated heterocycles. The first-order valence-corrected chi connectivity index (χ1v) is 5.06. The quantitative estimate of drug-likeness (QED) is 0.454. The van der Waals surface area contributed by atoms with Gasteiger partial charge in [-0.05, 0) is 19.9 Å². The van der Waals surface area contributed by atoms with Crippen LogP contribution < -0.4 is 5.32 Å². The van der Waals surface area contributed by atoms with Gasteiger partial charge in [-0.3, -0.25) is 10.1 Å². The molecule has 6 nitrogen and oxygen atoms in total. The van der Waals surface area contributed by atoms with E-state index in [4.69, 9.17) is 4.74 Å². The van der Waals surface area contributed by atoms with Crippen molar-refractivity contribution in [3.8, 4) is 0 Å². The van der Waals surface area contributed by atoms with E-state index in [1.807, 2.05) is 13.8 Å². The fraction of sp³-hybridized carbons (Fsp3) is 0.500. The summed E-state index contributed by atoms with van der Waals surface area (Å²) in [5, 5.41) is 13.5. The van der Waals surface area contributed by atoms with E-state index in [9.17, 15) is 10.1 Å². The molecule has 0 atom stereocenters. The zero-order valence-electron chi connectivity index (χ0n) is 9.34. The first-order valence-electron chi connectivity index (χ1n) is 5.06. The molecular formula is C10H15N3O3. The number of hydrogen-bond acceptors (Lipinski definition) is 5. The second-order valence-corrected chi connectivity index (χ2v) is 3.47. The summed E-state index contributed by atoms with van der Waals surface area (Å²) in [5.74, 6) is 0.278. The zero-order valence-corrected chi connectivity index (χ0v) is 9.34. The molecule has 88 valence electrons. The van der Waals surface area contributed by atoms with Crippen LogP contribution >= 0.6 is 0 Å². The van der Waals surface area contributed by atoms with Crippen LogP contribution in [0.5, 0.6) is 0 Å². The SMILES string of the molecule is CC(C)OCCNc1ncccc1[N+](=O)[O-]. The Balaban J connectivity index is 2.50. The Morgan fingerprint density at radius 3 is 3.00 bits per heavy atom. The van der Waals surface area contributed by atoms with E-state index >= 15 is 0 Å². The van der Waals surface area contributed by atoms with Crippen molar-refractivity contribution in [2.24, 2.45) is 0 Å². The molecule has 0 radical (unpaired) electrons. The number of anilines is 1. The van der Waals surface area contributed by atoms with Crippen LogP contribution in [0.4, 0.5) is 11.5 Å². The Labute approximate surface area is 93.8 Å². The van der Waals surface area contributed by atoms with E-state index in [2.05, 4.69) is 10.3 Å². The number of hydrogen-bond donors (Lipinski definition) is 1. The summed E-state index contributed by atoms with van der Waals surface area (Å²) < 4.78 is 5.30. The van der Waals surface area contributed by atoms with E-state index in [0.717, 1.165) is 0 Å². The molecule has 0 amide bonds. The predicted octanol–water partition coefficient (Wildman–Crippen LogP) is 1.83. The van der Waals surface area contributed by atoms with Crippen LogP contribution in [0.15, 0.2) is 18.3 Å². The topological polar surface area (TPSA) is 77.3 Å². The van der Waals surface area contributed by atoms with E-state index in [1.54, 1.807) is 0 Å². The van der Waals surface area contributed by atoms with Gasteiger partial charge in [0.15, 0.2) is 0 Å². The summed E-state index contributed by atoms with van der Waals surface area (Å²) in [6, 6.07) is 2.95. The minimum absolute atomic E-state index is 0.0213. The van der Waals surface area contributed by atoms with Crippen LogP contribution in [0.25, 0.3) is 0 Å². The van der Waals surface area contributed by atoms with Crippen molar-refractivity contribution in [3.05, 3.63) is 28.4 Å². The number of pyridine rings is 1. The zero-order chi connectivity index (χ0) is 12.0. The Bertz CT molecular complexity index is 355. The molecule has 0 aliphatic carbocycles. The van der Waals surface area contributed by atoms with Crippen molar-refractivity contribution in [2.75, 3.05) is 18.5 Å². The van der Waals surface area contributed by atoms with Crippen LogP contribution in [-0.4, -0.2) is 29.2 Å². The maximum atomic E-state index is 10.7. The highest BCUT2D eigenvalue weighted by Gasteiger charge is 2.12. The van der Waals surface area contributed by atoms with E-state index < -0.39 is 4.92 Å². The van der Waals surface area contributed by atoms with Crippen LogP contribution in [0.1, 0.15) is 13.8 Å². The molecule has 1 rings (SSSR count). The predicted molar refractivity (Wildman–Crippen MR) is 60.5 cm³/mol. The van der Waals surface area contributed by atoms with Gasteiger partial charge in [-0.1, -0.05) is 0 Å². The van der Waals surface area contributed by atoms with Gasteiger partial charge in [0.1, 0.15) is 0 Å². The number of nitrogens with one attached hydrogen (secondary N) is 1. The number of nitro groups is 1. The monoisotopic (exact) mass is 225 g/mol. The molecule has 1 N–H and O–H groups in total. The molecule has 0 spiro atoms. The standard InChI is InChI=1S/C10H15N3O3/c1-8(2)16-7-6-12-10-9(13(14)15)4-3-5-11-10/h3-5,8H,6-7H2,1-2H3,(H,11,12). The molecule has 1 aromatic heterocycles. The van der Waals surface area contributed by atoms with Gasteiger partial charge in [-0.25, -0.2) is 4.98 Å². The van der Waals surface area contributed by atoms with Crippen molar-refractivity contribution < 1.29 is 9.66 Å². The van der Waals surface area contributed by atoms with Crippen molar-refractivity contribution in [1.29, 1.82) is 0 Å². The Hall–Kier alpha value is -1.69. The number of ether oxygens (including phenoxy) is 1. The molecule has 0 aliphatic rings. The summed E-state index contributed by atoms with van der Waals surface area (Å²) in [7, 11) is 0. The fourth-order valence-electron chi connectivity index (χ4n) is 1.14. The van der Waals surface area contributed by atoms with E-state index in [1.165, 1.54) is 18.3 Å². The highest BCUT2D eigenvalue weighted by Crippen LogP contribution is 2.19. The molecule has 6 heteroatoms. The van der Waals surface area contributed by atoms with Gasteiger partial charge in [0, 0.05) is 18.8 Å². The van der Waals surface area contributed by atoms with Crippen LogP contribution in [0, 0.1) is 10.1 Å². The van der Waals surface area contributed by atoms with E-state index in [-0.39, 0.29) is 17.6 Å². The second kappa shape index (κ2) is 6.02. The summed E-state index contributed by atoms with van der Waals surface area (Å²) >= 11 is 0.